The van der Waals surface area contributed by atoms with Crippen LogP contribution in [0.1, 0.15) is 51.4 Å². The van der Waals surface area contributed by atoms with Gasteiger partial charge >= 0.3 is 0 Å². The molecular formula is C15H26N2O3. The van der Waals surface area contributed by atoms with Crippen molar-refractivity contribution in [3.8, 4) is 0 Å². The molecule has 0 aromatic carbocycles. The second kappa shape index (κ2) is 7.74. The van der Waals surface area contributed by atoms with E-state index in [1.807, 2.05) is 0 Å². The number of rotatable bonds is 6. The van der Waals surface area contributed by atoms with E-state index in [4.69, 9.17) is 4.74 Å². The number of likely N-dealkylation sites (tertiary alicyclic amines) is 1. The summed E-state index contributed by atoms with van der Waals surface area (Å²) < 4.78 is 4.98. The van der Waals surface area contributed by atoms with Crippen molar-refractivity contribution in [3.05, 3.63) is 0 Å². The number of carbonyl (C=O) groups excluding carboxylic acids is 2. The van der Waals surface area contributed by atoms with Crippen LogP contribution < -0.4 is 5.32 Å². The van der Waals surface area contributed by atoms with E-state index in [1.165, 1.54) is 12.8 Å². The van der Waals surface area contributed by atoms with E-state index >= 15 is 0 Å². The number of amides is 2. The molecular weight excluding hydrogens is 256 g/mol. The Kier molecular flexibility index (Phi) is 5.98. The molecule has 1 saturated carbocycles. The van der Waals surface area contributed by atoms with Crippen LogP contribution in [0, 0.1) is 0 Å². The molecule has 0 bridgehead atoms. The molecule has 1 unspecified atom stereocenters. The minimum atomic E-state index is -0.317. The quantitative estimate of drug-likeness (QED) is 0.455. The van der Waals surface area contributed by atoms with Gasteiger partial charge in [0, 0.05) is 19.8 Å². The van der Waals surface area contributed by atoms with Gasteiger partial charge in [0.05, 0.1) is 12.5 Å². The summed E-state index contributed by atoms with van der Waals surface area (Å²) in [6.45, 7) is 1.39. The molecule has 1 saturated heterocycles. The molecule has 114 valence electrons. The van der Waals surface area contributed by atoms with Crippen molar-refractivity contribution in [1.29, 1.82) is 0 Å². The van der Waals surface area contributed by atoms with Gasteiger partial charge in [-0.1, -0.05) is 25.7 Å². The number of nitrogens with zero attached hydrogens (tertiary/aromatic N) is 1. The molecule has 2 fully saturated rings. The molecule has 20 heavy (non-hydrogen) atoms. The molecule has 1 heterocycles. The highest BCUT2D eigenvalue weighted by Crippen LogP contribution is 2.26. The van der Waals surface area contributed by atoms with E-state index in [1.54, 1.807) is 12.0 Å². The van der Waals surface area contributed by atoms with Gasteiger partial charge in [0.1, 0.15) is 0 Å². The number of imide groups is 1. The largest absolute Gasteiger partial charge is 0.385 e. The molecule has 0 aromatic heterocycles. The van der Waals surface area contributed by atoms with Crippen LogP contribution in [0.2, 0.25) is 0 Å². The van der Waals surface area contributed by atoms with Crippen molar-refractivity contribution in [3.63, 3.8) is 0 Å². The molecule has 0 radical (unpaired) electrons. The summed E-state index contributed by atoms with van der Waals surface area (Å²) in [6.07, 6.45) is 7.86. The average Bonchev–Trinajstić information content (AvgIpc) is 2.63. The predicted molar refractivity (Wildman–Crippen MR) is 76.2 cm³/mol. The third kappa shape index (κ3) is 3.79. The van der Waals surface area contributed by atoms with Crippen LogP contribution in [-0.4, -0.2) is 49.1 Å². The van der Waals surface area contributed by atoms with Crippen LogP contribution in [0.4, 0.5) is 0 Å². The molecule has 1 N–H and O–H groups in total. The Morgan fingerprint density at radius 1 is 1.20 bits per heavy atom. The van der Waals surface area contributed by atoms with E-state index in [9.17, 15) is 9.59 Å². The molecule has 2 aliphatic rings. The van der Waals surface area contributed by atoms with Gasteiger partial charge < -0.3 is 10.1 Å². The minimum absolute atomic E-state index is 0.00569. The first kappa shape index (κ1) is 15.4. The maximum atomic E-state index is 12.4. The minimum Gasteiger partial charge on any atom is -0.385 e. The first-order chi connectivity index (χ1) is 9.74. The highest BCUT2D eigenvalue weighted by atomic mass is 16.5. The topological polar surface area (TPSA) is 58.6 Å². The van der Waals surface area contributed by atoms with E-state index in [0.29, 0.717) is 13.0 Å². The fourth-order valence-electron chi connectivity index (χ4n) is 3.20. The number of hydrogen-bond donors (Lipinski definition) is 1. The Morgan fingerprint density at radius 2 is 1.90 bits per heavy atom. The number of hydrogen-bond acceptors (Lipinski definition) is 4. The third-order valence-electron chi connectivity index (χ3n) is 4.29. The zero-order valence-electron chi connectivity index (χ0n) is 12.4. The van der Waals surface area contributed by atoms with E-state index in [0.717, 1.165) is 38.6 Å². The van der Waals surface area contributed by atoms with Crippen molar-refractivity contribution in [1.82, 2.24) is 10.2 Å². The molecule has 1 atom stereocenters. The first-order valence-corrected chi connectivity index (χ1v) is 7.82. The van der Waals surface area contributed by atoms with Crippen molar-refractivity contribution >= 4 is 11.8 Å². The zero-order chi connectivity index (χ0) is 14.4. The van der Waals surface area contributed by atoms with Crippen molar-refractivity contribution in [2.45, 2.75) is 63.5 Å². The van der Waals surface area contributed by atoms with Crippen LogP contribution in [0.25, 0.3) is 0 Å². The maximum Gasteiger partial charge on any atom is 0.247 e. The van der Waals surface area contributed by atoms with Crippen molar-refractivity contribution in [2.75, 3.05) is 20.3 Å². The Labute approximate surface area is 121 Å². The van der Waals surface area contributed by atoms with Gasteiger partial charge in [0.25, 0.3) is 0 Å². The number of ether oxygens (including phenoxy) is 1. The van der Waals surface area contributed by atoms with E-state index < -0.39 is 0 Å². The maximum absolute atomic E-state index is 12.4. The second-order valence-electron chi connectivity index (χ2n) is 5.80. The Hall–Kier alpha value is -0.940. The zero-order valence-corrected chi connectivity index (χ0v) is 12.4. The van der Waals surface area contributed by atoms with Crippen LogP contribution in [0.3, 0.4) is 0 Å². The SMILES string of the molecule is COCCCNC1CC(=O)N(C2CCCCCC2)C1=O. The van der Waals surface area contributed by atoms with Crippen LogP contribution in [0.5, 0.6) is 0 Å². The molecule has 1 aliphatic carbocycles. The molecule has 5 heteroatoms. The number of nitrogens with one attached hydrogen (secondary N) is 1. The molecule has 0 spiro atoms. The van der Waals surface area contributed by atoms with Crippen molar-refractivity contribution < 1.29 is 14.3 Å². The summed E-state index contributed by atoms with van der Waals surface area (Å²) in [5.41, 5.74) is 0. The smallest absolute Gasteiger partial charge is 0.247 e. The van der Waals surface area contributed by atoms with Gasteiger partial charge in [-0.3, -0.25) is 14.5 Å². The van der Waals surface area contributed by atoms with Gasteiger partial charge in [0.2, 0.25) is 11.8 Å². The lowest BCUT2D eigenvalue weighted by molar-refractivity contribution is -0.141. The summed E-state index contributed by atoms with van der Waals surface area (Å²) in [6, 6.07) is -0.175. The molecule has 1 aliphatic heterocycles. The highest BCUT2D eigenvalue weighted by molar-refractivity contribution is 6.05. The summed E-state index contributed by atoms with van der Waals surface area (Å²) >= 11 is 0. The van der Waals surface area contributed by atoms with E-state index in [2.05, 4.69) is 5.32 Å². The normalized spacial score (nSPS) is 25.2. The van der Waals surface area contributed by atoms with Gasteiger partial charge in [-0.15, -0.1) is 0 Å². The monoisotopic (exact) mass is 282 g/mol. The summed E-state index contributed by atoms with van der Waals surface area (Å²) in [7, 11) is 1.66. The Morgan fingerprint density at radius 3 is 2.55 bits per heavy atom. The molecule has 5 nitrogen and oxygen atoms in total. The Balaban J connectivity index is 1.87. The first-order valence-electron chi connectivity index (χ1n) is 7.82. The fraction of sp³-hybridized carbons (Fsp3) is 0.867. The van der Waals surface area contributed by atoms with Crippen LogP contribution in [-0.2, 0) is 14.3 Å². The summed E-state index contributed by atoms with van der Waals surface area (Å²) in [5.74, 6) is -0.00883. The van der Waals surface area contributed by atoms with Crippen molar-refractivity contribution in [2.24, 2.45) is 0 Å². The van der Waals surface area contributed by atoms with Crippen LogP contribution in [0.15, 0.2) is 0 Å². The lowest BCUT2D eigenvalue weighted by Crippen LogP contribution is -2.44. The van der Waals surface area contributed by atoms with E-state index in [-0.39, 0.29) is 23.9 Å². The van der Waals surface area contributed by atoms with Crippen LogP contribution >= 0.6 is 0 Å². The standard InChI is InChI=1S/C15H26N2O3/c1-20-10-6-9-16-13-11-14(18)17(15(13)19)12-7-4-2-3-5-8-12/h12-13,16H,2-11H2,1H3. The molecule has 2 amide bonds. The van der Waals surface area contributed by atoms with Gasteiger partial charge in [-0.05, 0) is 25.8 Å². The Bertz CT molecular complexity index is 338. The second-order valence-corrected chi connectivity index (χ2v) is 5.80. The average molecular weight is 282 g/mol. The highest BCUT2D eigenvalue weighted by Gasteiger charge is 2.41. The van der Waals surface area contributed by atoms with Gasteiger partial charge in [-0.25, -0.2) is 0 Å². The molecule has 0 aromatic rings. The summed E-state index contributed by atoms with van der Waals surface area (Å²) in [4.78, 5) is 26.1. The number of methoxy groups -OCH3 is 1. The number of carbonyl (C=O) groups is 2. The fourth-order valence-corrected chi connectivity index (χ4v) is 3.20. The van der Waals surface area contributed by atoms with Gasteiger partial charge in [0.15, 0.2) is 0 Å². The summed E-state index contributed by atoms with van der Waals surface area (Å²) in [5, 5.41) is 3.19. The lowest BCUT2D eigenvalue weighted by Gasteiger charge is -2.25. The molecule has 2 rings (SSSR count). The third-order valence-corrected chi connectivity index (χ3v) is 4.29. The van der Waals surface area contributed by atoms with Gasteiger partial charge in [-0.2, -0.15) is 0 Å². The predicted octanol–water partition coefficient (Wildman–Crippen LogP) is 1.46. The lowest BCUT2D eigenvalue weighted by atomic mass is 10.1.